The second kappa shape index (κ2) is 5.40. The maximum Gasteiger partial charge on any atom is 0.242 e. The van der Waals surface area contributed by atoms with Crippen molar-refractivity contribution >= 4 is 23.4 Å². The van der Waals surface area contributed by atoms with Gasteiger partial charge >= 0.3 is 0 Å². The summed E-state index contributed by atoms with van der Waals surface area (Å²) in [4.78, 5) is 25.2. The molecule has 1 heterocycles. The van der Waals surface area contributed by atoms with Gasteiger partial charge in [-0.15, -0.1) is 0 Å². The zero-order chi connectivity index (χ0) is 13.1. The zero-order valence-corrected chi connectivity index (χ0v) is 10.9. The minimum absolute atomic E-state index is 0.0281. The maximum atomic E-state index is 12.1. The van der Waals surface area contributed by atoms with Gasteiger partial charge in [-0.2, -0.15) is 0 Å². The van der Waals surface area contributed by atoms with Crippen molar-refractivity contribution in [3.8, 4) is 0 Å². The lowest BCUT2D eigenvalue weighted by Gasteiger charge is -2.32. The van der Waals surface area contributed by atoms with Gasteiger partial charge in [0, 0.05) is 18.1 Å². The number of carbonyl (C=O) groups is 2. The van der Waals surface area contributed by atoms with Crippen LogP contribution < -0.4 is 5.32 Å². The van der Waals surface area contributed by atoms with Crippen LogP contribution in [0, 0.1) is 0 Å². The van der Waals surface area contributed by atoms with Gasteiger partial charge in [0.2, 0.25) is 11.8 Å². The molecule has 1 aliphatic rings. The van der Waals surface area contributed by atoms with Gasteiger partial charge in [0.05, 0.1) is 6.42 Å². The number of carbonyl (C=O) groups excluding carboxylic acids is 2. The van der Waals surface area contributed by atoms with Crippen LogP contribution in [-0.2, 0) is 16.0 Å². The normalized spacial score (nSPS) is 19.6. The standard InChI is InChI=1S/C13H15ClN2O2/c1-9-13(18)15-6-7-16(9)12(17)8-10-2-4-11(14)5-3-10/h2-5,9H,6-8H2,1H3,(H,15,18). The summed E-state index contributed by atoms with van der Waals surface area (Å²) >= 11 is 5.79. The number of nitrogens with zero attached hydrogens (tertiary/aromatic N) is 1. The number of rotatable bonds is 2. The molecule has 18 heavy (non-hydrogen) atoms. The van der Waals surface area contributed by atoms with Gasteiger partial charge in [0.1, 0.15) is 6.04 Å². The van der Waals surface area contributed by atoms with Gasteiger partial charge in [-0.3, -0.25) is 9.59 Å². The number of halogens is 1. The van der Waals surface area contributed by atoms with E-state index in [1.54, 1.807) is 24.0 Å². The van der Waals surface area contributed by atoms with Crippen molar-refractivity contribution in [3.05, 3.63) is 34.9 Å². The number of hydrogen-bond acceptors (Lipinski definition) is 2. The Bertz CT molecular complexity index is 459. The second-order valence-electron chi connectivity index (χ2n) is 4.36. The fourth-order valence-corrected chi connectivity index (χ4v) is 2.13. The first-order valence-corrected chi connectivity index (χ1v) is 6.27. The lowest BCUT2D eigenvalue weighted by atomic mass is 10.1. The van der Waals surface area contributed by atoms with Crippen LogP contribution in [0.2, 0.25) is 5.02 Å². The molecule has 2 amide bonds. The first kappa shape index (κ1) is 12.9. The average molecular weight is 267 g/mol. The Labute approximate surface area is 111 Å². The van der Waals surface area contributed by atoms with E-state index in [0.29, 0.717) is 24.5 Å². The summed E-state index contributed by atoms with van der Waals surface area (Å²) in [5.41, 5.74) is 0.905. The summed E-state index contributed by atoms with van der Waals surface area (Å²) in [6.07, 6.45) is 0.300. The Kier molecular flexibility index (Phi) is 3.87. The van der Waals surface area contributed by atoms with E-state index in [-0.39, 0.29) is 11.8 Å². The molecule has 0 radical (unpaired) electrons. The molecule has 1 N–H and O–H groups in total. The molecule has 0 aliphatic carbocycles. The van der Waals surface area contributed by atoms with E-state index in [4.69, 9.17) is 11.6 Å². The Hall–Kier alpha value is -1.55. The summed E-state index contributed by atoms with van der Waals surface area (Å²) in [6, 6.07) is 6.79. The molecule has 0 spiro atoms. The van der Waals surface area contributed by atoms with Crippen LogP contribution in [0.3, 0.4) is 0 Å². The monoisotopic (exact) mass is 266 g/mol. The molecular weight excluding hydrogens is 252 g/mol. The Morgan fingerprint density at radius 2 is 2.11 bits per heavy atom. The number of amides is 2. The molecule has 1 aromatic carbocycles. The summed E-state index contributed by atoms with van der Waals surface area (Å²) in [7, 11) is 0. The van der Waals surface area contributed by atoms with Gasteiger partial charge in [-0.25, -0.2) is 0 Å². The van der Waals surface area contributed by atoms with E-state index in [9.17, 15) is 9.59 Å². The number of benzene rings is 1. The summed E-state index contributed by atoms with van der Waals surface area (Å²) in [5.74, 6) is -0.120. The topological polar surface area (TPSA) is 49.4 Å². The largest absolute Gasteiger partial charge is 0.353 e. The molecule has 1 aromatic rings. The molecule has 0 aromatic heterocycles. The van der Waals surface area contributed by atoms with Crippen LogP contribution in [0.5, 0.6) is 0 Å². The summed E-state index contributed by atoms with van der Waals surface area (Å²) < 4.78 is 0. The quantitative estimate of drug-likeness (QED) is 0.875. The van der Waals surface area contributed by atoms with Gasteiger partial charge in [0.25, 0.3) is 0 Å². The van der Waals surface area contributed by atoms with Crippen LogP contribution in [0.1, 0.15) is 12.5 Å². The minimum atomic E-state index is -0.390. The predicted molar refractivity (Wildman–Crippen MR) is 69.3 cm³/mol. The van der Waals surface area contributed by atoms with E-state index in [0.717, 1.165) is 5.56 Å². The minimum Gasteiger partial charge on any atom is -0.353 e. The molecule has 0 saturated carbocycles. The highest BCUT2D eigenvalue weighted by Gasteiger charge is 2.28. The van der Waals surface area contributed by atoms with Crippen molar-refractivity contribution in [2.24, 2.45) is 0 Å². The Morgan fingerprint density at radius 3 is 2.78 bits per heavy atom. The number of nitrogens with one attached hydrogen (secondary N) is 1. The highest BCUT2D eigenvalue weighted by atomic mass is 35.5. The van der Waals surface area contributed by atoms with Crippen molar-refractivity contribution in [1.82, 2.24) is 10.2 Å². The Morgan fingerprint density at radius 1 is 1.44 bits per heavy atom. The van der Waals surface area contributed by atoms with E-state index in [1.165, 1.54) is 0 Å². The highest BCUT2D eigenvalue weighted by Crippen LogP contribution is 2.12. The van der Waals surface area contributed by atoms with Crippen LogP contribution in [-0.4, -0.2) is 35.8 Å². The molecular formula is C13H15ClN2O2. The van der Waals surface area contributed by atoms with Crippen molar-refractivity contribution in [2.45, 2.75) is 19.4 Å². The summed E-state index contributed by atoms with van der Waals surface area (Å²) in [6.45, 7) is 2.84. The highest BCUT2D eigenvalue weighted by molar-refractivity contribution is 6.30. The molecule has 1 aliphatic heterocycles. The lowest BCUT2D eigenvalue weighted by Crippen LogP contribution is -2.56. The number of hydrogen-bond donors (Lipinski definition) is 1. The van der Waals surface area contributed by atoms with E-state index in [1.807, 2.05) is 12.1 Å². The molecule has 2 rings (SSSR count). The number of piperazine rings is 1. The van der Waals surface area contributed by atoms with Crippen LogP contribution >= 0.6 is 11.6 Å². The molecule has 4 nitrogen and oxygen atoms in total. The smallest absolute Gasteiger partial charge is 0.242 e. The first-order chi connectivity index (χ1) is 8.58. The zero-order valence-electron chi connectivity index (χ0n) is 10.1. The van der Waals surface area contributed by atoms with Crippen molar-refractivity contribution in [1.29, 1.82) is 0 Å². The van der Waals surface area contributed by atoms with Crippen LogP contribution in [0.25, 0.3) is 0 Å². The molecule has 5 heteroatoms. The van der Waals surface area contributed by atoms with E-state index >= 15 is 0 Å². The van der Waals surface area contributed by atoms with Gasteiger partial charge in [0.15, 0.2) is 0 Å². The van der Waals surface area contributed by atoms with Crippen molar-refractivity contribution < 1.29 is 9.59 Å². The van der Waals surface area contributed by atoms with Gasteiger partial charge in [-0.05, 0) is 24.6 Å². The van der Waals surface area contributed by atoms with Crippen molar-refractivity contribution in [3.63, 3.8) is 0 Å². The lowest BCUT2D eigenvalue weighted by molar-refractivity contribution is -0.142. The third-order valence-electron chi connectivity index (χ3n) is 3.09. The van der Waals surface area contributed by atoms with Crippen LogP contribution in [0.15, 0.2) is 24.3 Å². The predicted octanol–water partition coefficient (Wildman–Crippen LogP) is 1.23. The molecule has 1 fully saturated rings. The molecule has 1 atom stereocenters. The molecule has 1 saturated heterocycles. The second-order valence-corrected chi connectivity index (χ2v) is 4.79. The van der Waals surface area contributed by atoms with Gasteiger partial charge in [-0.1, -0.05) is 23.7 Å². The maximum absolute atomic E-state index is 12.1. The van der Waals surface area contributed by atoms with Crippen molar-refractivity contribution in [2.75, 3.05) is 13.1 Å². The summed E-state index contributed by atoms with van der Waals surface area (Å²) in [5, 5.41) is 3.39. The van der Waals surface area contributed by atoms with Gasteiger partial charge < -0.3 is 10.2 Å². The molecule has 1 unspecified atom stereocenters. The Balaban J connectivity index is 2.03. The van der Waals surface area contributed by atoms with E-state index in [2.05, 4.69) is 5.32 Å². The fraction of sp³-hybridized carbons (Fsp3) is 0.385. The van der Waals surface area contributed by atoms with Crippen LogP contribution in [0.4, 0.5) is 0 Å². The molecule has 96 valence electrons. The first-order valence-electron chi connectivity index (χ1n) is 5.89. The average Bonchev–Trinajstić information content (AvgIpc) is 2.35. The SMILES string of the molecule is CC1C(=O)NCCN1C(=O)Cc1ccc(Cl)cc1. The third kappa shape index (κ3) is 2.82. The third-order valence-corrected chi connectivity index (χ3v) is 3.34. The molecule has 0 bridgehead atoms. The van der Waals surface area contributed by atoms with E-state index < -0.39 is 6.04 Å². The fourth-order valence-electron chi connectivity index (χ4n) is 2.00.